The number of nitrogens with one attached hydrogen (secondary N) is 1. The van der Waals surface area contributed by atoms with E-state index in [2.05, 4.69) is 35.7 Å². The van der Waals surface area contributed by atoms with Crippen LogP contribution in [-0.2, 0) is 0 Å². The molecule has 1 aromatic carbocycles. The maximum absolute atomic E-state index is 5.74. The van der Waals surface area contributed by atoms with Gasteiger partial charge in [-0.1, -0.05) is 18.2 Å². The second-order valence-electron chi connectivity index (χ2n) is 4.07. The summed E-state index contributed by atoms with van der Waals surface area (Å²) in [4.78, 5) is 5.42. The van der Waals surface area contributed by atoms with Gasteiger partial charge in [0, 0.05) is 17.3 Å². The van der Waals surface area contributed by atoms with Crippen molar-refractivity contribution in [1.82, 2.24) is 10.4 Å². The molecule has 2 aromatic rings. The van der Waals surface area contributed by atoms with Gasteiger partial charge in [-0.05, 0) is 42.0 Å². The fourth-order valence-electron chi connectivity index (χ4n) is 2.03. The van der Waals surface area contributed by atoms with Crippen LogP contribution >= 0.6 is 11.8 Å². The number of rotatable bonds is 4. The van der Waals surface area contributed by atoms with E-state index in [-0.39, 0.29) is 6.04 Å². The summed E-state index contributed by atoms with van der Waals surface area (Å²) < 4.78 is 0. The van der Waals surface area contributed by atoms with Crippen LogP contribution in [-0.4, -0.2) is 11.2 Å². The van der Waals surface area contributed by atoms with Gasteiger partial charge in [-0.2, -0.15) is 0 Å². The molecule has 0 aliphatic heterocycles. The summed E-state index contributed by atoms with van der Waals surface area (Å²) in [5.41, 5.74) is 6.38. The molecule has 0 spiro atoms. The predicted octanol–water partition coefficient (Wildman–Crippen LogP) is 2.66. The second kappa shape index (κ2) is 6.00. The Hall–Kier alpha value is -1.36. The van der Waals surface area contributed by atoms with Crippen molar-refractivity contribution in [2.45, 2.75) is 17.9 Å². The van der Waals surface area contributed by atoms with Crippen LogP contribution in [0.1, 0.15) is 22.7 Å². The van der Waals surface area contributed by atoms with E-state index in [1.54, 1.807) is 18.0 Å². The fraction of sp³-hybridized carbons (Fsp3) is 0.214. The number of hydrogen-bond acceptors (Lipinski definition) is 4. The molecular formula is C14H17N3S. The van der Waals surface area contributed by atoms with Gasteiger partial charge in [-0.15, -0.1) is 11.8 Å². The lowest BCUT2D eigenvalue weighted by atomic mass is 9.97. The first-order valence-corrected chi connectivity index (χ1v) is 7.00. The summed E-state index contributed by atoms with van der Waals surface area (Å²) in [5.74, 6) is 5.74. The van der Waals surface area contributed by atoms with Crippen molar-refractivity contribution in [2.24, 2.45) is 5.84 Å². The number of aromatic nitrogens is 1. The Kier molecular flexibility index (Phi) is 4.36. The number of aryl methyl sites for hydroxylation is 1. The van der Waals surface area contributed by atoms with Crippen molar-refractivity contribution in [2.75, 3.05) is 6.26 Å². The third-order valence-corrected chi connectivity index (χ3v) is 3.82. The highest BCUT2D eigenvalue weighted by atomic mass is 32.2. The van der Waals surface area contributed by atoms with Crippen LogP contribution in [0.3, 0.4) is 0 Å². The number of nitrogens with zero attached hydrogens (tertiary/aromatic N) is 1. The van der Waals surface area contributed by atoms with E-state index in [9.17, 15) is 0 Å². The number of thioether (sulfide) groups is 1. The standard InChI is InChI=1S/C14H17N3S/c1-10-7-8-16-9-12(10)14(17-15)11-5-3-4-6-13(11)18-2/h3-9,14,17H,15H2,1-2H3. The average Bonchev–Trinajstić information content (AvgIpc) is 2.42. The third kappa shape index (κ3) is 2.56. The van der Waals surface area contributed by atoms with Crippen LogP contribution in [0.4, 0.5) is 0 Å². The van der Waals surface area contributed by atoms with Crippen molar-refractivity contribution in [3.63, 3.8) is 0 Å². The van der Waals surface area contributed by atoms with E-state index in [0.717, 1.165) is 5.56 Å². The van der Waals surface area contributed by atoms with Crippen LogP contribution in [0, 0.1) is 6.92 Å². The summed E-state index contributed by atoms with van der Waals surface area (Å²) in [5, 5.41) is 0. The highest BCUT2D eigenvalue weighted by Crippen LogP contribution is 2.30. The summed E-state index contributed by atoms with van der Waals surface area (Å²) in [6, 6.07) is 10.3. The maximum atomic E-state index is 5.74. The molecule has 0 aliphatic carbocycles. The third-order valence-electron chi connectivity index (χ3n) is 3.01. The molecule has 4 heteroatoms. The van der Waals surface area contributed by atoms with Gasteiger partial charge >= 0.3 is 0 Å². The second-order valence-corrected chi connectivity index (χ2v) is 4.92. The molecule has 1 aromatic heterocycles. The normalized spacial score (nSPS) is 12.4. The Bertz CT molecular complexity index is 528. The number of hydrogen-bond donors (Lipinski definition) is 2. The van der Waals surface area contributed by atoms with E-state index in [1.807, 2.05) is 24.4 Å². The molecule has 0 bridgehead atoms. The van der Waals surface area contributed by atoms with Crippen LogP contribution < -0.4 is 11.3 Å². The van der Waals surface area contributed by atoms with Crippen molar-refractivity contribution < 1.29 is 0 Å². The van der Waals surface area contributed by atoms with E-state index in [1.165, 1.54) is 16.0 Å². The minimum atomic E-state index is -0.0256. The molecule has 3 N–H and O–H groups in total. The summed E-state index contributed by atoms with van der Waals surface area (Å²) in [6.45, 7) is 2.07. The molecule has 18 heavy (non-hydrogen) atoms. The fourth-order valence-corrected chi connectivity index (χ4v) is 2.67. The molecule has 0 amide bonds. The largest absolute Gasteiger partial charge is 0.271 e. The molecule has 0 aliphatic rings. The topological polar surface area (TPSA) is 50.9 Å². The smallest absolute Gasteiger partial charge is 0.0738 e. The first kappa shape index (κ1) is 13.1. The maximum Gasteiger partial charge on any atom is 0.0738 e. The van der Waals surface area contributed by atoms with Crippen LogP contribution in [0.5, 0.6) is 0 Å². The summed E-state index contributed by atoms with van der Waals surface area (Å²) in [6.07, 6.45) is 5.74. The Morgan fingerprint density at radius 1 is 1.22 bits per heavy atom. The molecule has 94 valence electrons. The first-order valence-electron chi connectivity index (χ1n) is 5.77. The monoisotopic (exact) mass is 259 g/mol. The molecule has 1 heterocycles. The molecule has 0 saturated carbocycles. The van der Waals surface area contributed by atoms with Crippen LogP contribution in [0.25, 0.3) is 0 Å². The first-order chi connectivity index (χ1) is 8.77. The van der Waals surface area contributed by atoms with Crippen molar-refractivity contribution in [3.8, 4) is 0 Å². The lowest BCUT2D eigenvalue weighted by Crippen LogP contribution is -2.29. The summed E-state index contributed by atoms with van der Waals surface area (Å²) >= 11 is 1.72. The van der Waals surface area contributed by atoms with E-state index in [0.29, 0.717) is 0 Å². The van der Waals surface area contributed by atoms with Crippen molar-refractivity contribution >= 4 is 11.8 Å². The van der Waals surface area contributed by atoms with Gasteiger partial charge in [-0.25, -0.2) is 5.43 Å². The average molecular weight is 259 g/mol. The number of hydrazine groups is 1. The highest BCUT2D eigenvalue weighted by molar-refractivity contribution is 7.98. The van der Waals surface area contributed by atoms with E-state index >= 15 is 0 Å². The van der Waals surface area contributed by atoms with Crippen molar-refractivity contribution in [3.05, 3.63) is 59.4 Å². The molecule has 0 fully saturated rings. The van der Waals surface area contributed by atoms with Crippen LogP contribution in [0.2, 0.25) is 0 Å². The number of nitrogens with two attached hydrogens (primary N) is 1. The number of benzene rings is 1. The van der Waals surface area contributed by atoms with Gasteiger partial charge in [0.1, 0.15) is 0 Å². The Morgan fingerprint density at radius 3 is 2.67 bits per heavy atom. The van der Waals surface area contributed by atoms with Gasteiger partial charge < -0.3 is 0 Å². The number of pyridine rings is 1. The Labute approximate surface area is 112 Å². The van der Waals surface area contributed by atoms with Gasteiger partial charge in [0.05, 0.1) is 6.04 Å². The Morgan fingerprint density at radius 2 is 2.00 bits per heavy atom. The van der Waals surface area contributed by atoms with Gasteiger partial charge in [0.25, 0.3) is 0 Å². The molecule has 2 rings (SSSR count). The zero-order chi connectivity index (χ0) is 13.0. The zero-order valence-electron chi connectivity index (χ0n) is 10.6. The zero-order valence-corrected chi connectivity index (χ0v) is 11.4. The molecule has 0 radical (unpaired) electrons. The van der Waals surface area contributed by atoms with Crippen molar-refractivity contribution in [1.29, 1.82) is 0 Å². The van der Waals surface area contributed by atoms with Gasteiger partial charge in [0.2, 0.25) is 0 Å². The Balaban J connectivity index is 2.49. The highest BCUT2D eigenvalue weighted by Gasteiger charge is 2.17. The minimum Gasteiger partial charge on any atom is -0.271 e. The lowest BCUT2D eigenvalue weighted by Gasteiger charge is -2.20. The molecule has 1 atom stereocenters. The van der Waals surface area contributed by atoms with E-state index in [4.69, 9.17) is 5.84 Å². The SMILES string of the molecule is CSc1ccccc1C(NN)c1cnccc1C. The summed E-state index contributed by atoms with van der Waals surface area (Å²) in [7, 11) is 0. The predicted molar refractivity (Wildman–Crippen MR) is 76.4 cm³/mol. The molecule has 3 nitrogen and oxygen atoms in total. The molecule has 1 unspecified atom stereocenters. The quantitative estimate of drug-likeness (QED) is 0.503. The van der Waals surface area contributed by atoms with Gasteiger partial charge in [-0.3, -0.25) is 10.8 Å². The minimum absolute atomic E-state index is 0.0256. The van der Waals surface area contributed by atoms with E-state index < -0.39 is 0 Å². The van der Waals surface area contributed by atoms with Crippen LogP contribution in [0.15, 0.2) is 47.6 Å². The molecular weight excluding hydrogens is 242 g/mol. The lowest BCUT2D eigenvalue weighted by molar-refractivity contribution is 0.622. The molecule has 0 saturated heterocycles. The van der Waals surface area contributed by atoms with Gasteiger partial charge in [0.15, 0.2) is 0 Å².